The zero-order valence-electron chi connectivity index (χ0n) is 15.1. The molecular formula is C19H19N5O2S. The Labute approximate surface area is 161 Å². The van der Waals surface area contributed by atoms with Crippen LogP contribution in [0.1, 0.15) is 17.8 Å². The molecule has 0 aliphatic carbocycles. The molecular weight excluding hydrogens is 362 g/mol. The highest BCUT2D eigenvalue weighted by Gasteiger charge is 2.25. The van der Waals surface area contributed by atoms with E-state index >= 15 is 0 Å². The fourth-order valence-corrected chi connectivity index (χ4v) is 3.56. The van der Waals surface area contributed by atoms with E-state index in [-0.39, 0.29) is 6.03 Å². The average molecular weight is 381 g/mol. The van der Waals surface area contributed by atoms with Gasteiger partial charge in [0.2, 0.25) is 0 Å². The number of carbonyl (C=O) groups is 1. The Balaban J connectivity index is 1.68. The van der Waals surface area contributed by atoms with E-state index in [1.807, 2.05) is 43.5 Å². The topological polar surface area (TPSA) is 80.2 Å². The summed E-state index contributed by atoms with van der Waals surface area (Å²) in [7, 11) is 0. The fourth-order valence-electron chi connectivity index (χ4n) is 2.89. The number of hydrogen-bond donors (Lipinski definition) is 1. The molecule has 0 unspecified atom stereocenters. The van der Waals surface area contributed by atoms with Crippen LogP contribution < -0.4 is 15.0 Å². The number of rotatable bonds is 2. The van der Waals surface area contributed by atoms with Crippen LogP contribution >= 0.6 is 11.3 Å². The predicted molar refractivity (Wildman–Crippen MR) is 106 cm³/mol. The molecule has 1 aliphatic heterocycles. The van der Waals surface area contributed by atoms with Gasteiger partial charge < -0.3 is 4.74 Å². The lowest BCUT2D eigenvalue weighted by molar-refractivity contribution is 0.256. The number of amides is 2. The minimum Gasteiger partial charge on any atom is -0.490 e. The molecule has 0 spiro atoms. The van der Waals surface area contributed by atoms with E-state index in [4.69, 9.17) is 9.72 Å². The third kappa shape index (κ3) is 3.75. The molecule has 0 fully saturated rings. The molecule has 8 heteroatoms. The number of aryl methyl sites for hydroxylation is 2. The van der Waals surface area contributed by atoms with Gasteiger partial charge in [0.1, 0.15) is 0 Å². The Kier molecular flexibility index (Phi) is 4.72. The van der Waals surface area contributed by atoms with Crippen LogP contribution in [0.5, 0.6) is 5.75 Å². The Morgan fingerprint density at radius 1 is 1.22 bits per heavy atom. The van der Waals surface area contributed by atoms with Crippen molar-refractivity contribution in [3.63, 3.8) is 0 Å². The summed E-state index contributed by atoms with van der Waals surface area (Å²) in [6.45, 7) is 4.90. The van der Waals surface area contributed by atoms with Gasteiger partial charge >= 0.3 is 6.03 Å². The number of anilines is 2. The van der Waals surface area contributed by atoms with Crippen LogP contribution in [0.3, 0.4) is 0 Å². The van der Waals surface area contributed by atoms with Crippen molar-refractivity contribution in [3.05, 3.63) is 47.2 Å². The maximum Gasteiger partial charge on any atom is 0.329 e. The van der Waals surface area contributed by atoms with E-state index < -0.39 is 0 Å². The molecule has 0 bridgehead atoms. The quantitative estimate of drug-likeness (QED) is 0.725. The molecule has 2 amide bonds. The van der Waals surface area contributed by atoms with Crippen LogP contribution in [0.25, 0.3) is 11.3 Å². The van der Waals surface area contributed by atoms with Crippen LogP contribution in [-0.4, -0.2) is 34.1 Å². The number of nitrogens with zero attached hydrogens (tertiary/aromatic N) is 4. The summed E-state index contributed by atoms with van der Waals surface area (Å²) in [5, 5.41) is 5.33. The van der Waals surface area contributed by atoms with Crippen molar-refractivity contribution in [1.82, 2.24) is 15.0 Å². The summed E-state index contributed by atoms with van der Waals surface area (Å²) in [6, 6.07) is 7.38. The van der Waals surface area contributed by atoms with Gasteiger partial charge in [-0.05, 0) is 44.5 Å². The van der Waals surface area contributed by atoms with Crippen LogP contribution in [0.2, 0.25) is 0 Å². The first kappa shape index (κ1) is 17.4. The lowest BCUT2D eigenvalue weighted by atomic mass is 10.1. The zero-order valence-corrected chi connectivity index (χ0v) is 15.9. The van der Waals surface area contributed by atoms with Crippen LogP contribution in [-0.2, 0) is 0 Å². The van der Waals surface area contributed by atoms with Crippen molar-refractivity contribution < 1.29 is 9.53 Å². The smallest absolute Gasteiger partial charge is 0.329 e. The van der Waals surface area contributed by atoms with Crippen molar-refractivity contribution >= 4 is 28.3 Å². The van der Waals surface area contributed by atoms with Gasteiger partial charge in [-0.15, -0.1) is 11.3 Å². The van der Waals surface area contributed by atoms with E-state index in [1.54, 1.807) is 11.1 Å². The van der Waals surface area contributed by atoms with E-state index in [0.717, 1.165) is 29.1 Å². The van der Waals surface area contributed by atoms with Crippen LogP contribution in [0, 0.1) is 13.8 Å². The Morgan fingerprint density at radius 3 is 2.89 bits per heavy atom. The highest BCUT2D eigenvalue weighted by molar-refractivity contribution is 7.13. The highest BCUT2D eigenvalue weighted by atomic mass is 32.1. The summed E-state index contributed by atoms with van der Waals surface area (Å²) in [5.74, 6) is 1.12. The first-order valence-electron chi connectivity index (χ1n) is 8.68. The first-order valence-corrected chi connectivity index (χ1v) is 9.55. The van der Waals surface area contributed by atoms with Gasteiger partial charge in [0.25, 0.3) is 0 Å². The molecule has 3 aromatic rings. The molecule has 27 heavy (non-hydrogen) atoms. The van der Waals surface area contributed by atoms with Gasteiger partial charge in [-0.25, -0.2) is 14.8 Å². The molecule has 3 aromatic heterocycles. The summed E-state index contributed by atoms with van der Waals surface area (Å²) < 4.78 is 5.79. The summed E-state index contributed by atoms with van der Waals surface area (Å²) in [6.07, 6.45) is 2.48. The monoisotopic (exact) mass is 381 g/mol. The standard InChI is InChI=1S/C19H19N5O2S/c1-12-10-14(6-7-20-12)15-4-5-16-17(22-15)24(8-3-9-26-16)19(25)23-18-21-13(2)11-27-18/h4-7,10-11H,3,8-9H2,1-2H3,(H,21,23,25). The normalized spacial score (nSPS) is 13.5. The van der Waals surface area contributed by atoms with Gasteiger partial charge in [-0.2, -0.15) is 0 Å². The van der Waals surface area contributed by atoms with Crippen molar-refractivity contribution in [1.29, 1.82) is 0 Å². The molecule has 0 saturated heterocycles. The number of pyridine rings is 2. The third-order valence-electron chi connectivity index (χ3n) is 4.15. The number of urea groups is 1. The van der Waals surface area contributed by atoms with Gasteiger partial charge in [0, 0.05) is 29.4 Å². The summed E-state index contributed by atoms with van der Waals surface area (Å²) in [5.41, 5.74) is 3.51. The molecule has 1 N–H and O–H groups in total. The average Bonchev–Trinajstić information content (AvgIpc) is 2.94. The molecule has 0 aromatic carbocycles. The van der Waals surface area contributed by atoms with Crippen molar-refractivity contribution in [3.8, 4) is 17.0 Å². The fraction of sp³-hybridized carbons (Fsp3) is 0.263. The van der Waals surface area contributed by atoms with Gasteiger partial charge in [-0.1, -0.05) is 0 Å². The highest BCUT2D eigenvalue weighted by Crippen LogP contribution is 2.32. The number of aromatic nitrogens is 3. The van der Waals surface area contributed by atoms with Crippen molar-refractivity contribution in [2.45, 2.75) is 20.3 Å². The van der Waals surface area contributed by atoms with Crippen molar-refractivity contribution in [2.75, 3.05) is 23.4 Å². The number of carbonyl (C=O) groups excluding carboxylic acids is 1. The second kappa shape index (κ2) is 7.32. The lowest BCUT2D eigenvalue weighted by Crippen LogP contribution is -2.36. The predicted octanol–water partition coefficient (Wildman–Crippen LogP) is 4.04. The first-order chi connectivity index (χ1) is 13.1. The molecule has 1 aliphatic rings. The van der Waals surface area contributed by atoms with Gasteiger partial charge in [0.15, 0.2) is 16.7 Å². The second-order valence-electron chi connectivity index (χ2n) is 6.28. The summed E-state index contributed by atoms with van der Waals surface area (Å²) in [4.78, 5) is 27.7. The lowest BCUT2D eigenvalue weighted by Gasteiger charge is -2.21. The van der Waals surface area contributed by atoms with E-state index in [9.17, 15) is 4.79 Å². The number of hydrogen-bond acceptors (Lipinski definition) is 6. The van der Waals surface area contributed by atoms with Gasteiger partial charge in [-0.3, -0.25) is 15.2 Å². The third-order valence-corrected chi connectivity index (χ3v) is 5.02. The number of ether oxygens (including phenoxy) is 1. The maximum atomic E-state index is 12.9. The van der Waals surface area contributed by atoms with Gasteiger partial charge in [0.05, 0.1) is 18.0 Å². The van der Waals surface area contributed by atoms with E-state index in [2.05, 4.69) is 15.3 Å². The SMILES string of the molecule is Cc1cc(-c2ccc3c(n2)N(C(=O)Nc2nc(C)cs2)CCCO3)ccn1. The van der Waals surface area contributed by atoms with Crippen LogP contribution in [0.4, 0.5) is 15.7 Å². The second-order valence-corrected chi connectivity index (χ2v) is 7.14. The van der Waals surface area contributed by atoms with E-state index in [0.29, 0.717) is 29.9 Å². The molecule has 0 atom stereocenters. The van der Waals surface area contributed by atoms with E-state index in [1.165, 1.54) is 11.3 Å². The number of nitrogens with one attached hydrogen (secondary N) is 1. The summed E-state index contributed by atoms with van der Waals surface area (Å²) >= 11 is 1.40. The minimum absolute atomic E-state index is 0.258. The molecule has 4 rings (SSSR count). The zero-order chi connectivity index (χ0) is 18.8. The Morgan fingerprint density at radius 2 is 2.11 bits per heavy atom. The van der Waals surface area contributed by atoms with Crippen molar-refractivity contribution in [2.24, 2.45) is 0 Å². The molecule has 7 nitrogen and oxygen atoms in total. The number of thiazole rings is 1. The Hall–Kier alpha value is -3.00. The largest absolute Gasteiger partial charge is 0.490 e. The minimum atomic E-state index is -0.258. The molecule has 4 heterocycles. The number of fused-ring (bicyclic) bond motifs is 1. The molecule has 138 valence electrons. The molecule has 0 saturated carbocycles. The maximum absolute atomic E-state index is 12.9. The molecule has 0 radical (unpaired) electrons. The Bertz CT molecular complexity index is 988. The van der Waals surface area contributed by atoms with Crippen LogP contribution in [0.15, 0.2) is 35.8 Å².